The van der Waals surface area contributed by atoms with Crippen LogP contribution in [0.5, 0.6) is 0 Å². The minimum atomic E-state index is -0.729. The van der Waals surface area contributed by atoms with Gasteiger partial charge in [-0.15, -0.1) is 11.3 Å². The SMILES string of the molecule is Cc1cc(F)cc(C(O)c2ccc(C)s2)c1. The second kappa shape index (κ2) is 4.36. The monoisotopic (exact) mass is 236 g/mol. The molecule has 0 saturated carbocycles. The highest BCUT2D eigenvalue weighted by Crippen LogP contribution is 2.28. The molecule has 3 heteroatoms. The van der Waals surface area contributed by atoms with Crippen molar-refractivity contribution >= 4 is 11.3 Å². The Hall–Kier alpha value is -1.19. The molecule has 0 aliphatic heterocycles. The second-order valence-corrected chi connectivity index (χ2v) is 5.23. The molecule has 0 spiro atoms. The van der Waals surface area contributed by atoms with E-state index >= 15 is 0 Å². The van der Waals surface area contributed by atoms with Crippen molar-refractivity contribution in [2.24, 2.45) is 0 Å². The van der Waals surface area contributed by atoms with Crippen LogP contribution in [0.2, 0.25) is 0 Å². The maximum atomic E-state index is 13.2. The summed E-state index contributed by atoms with van der Waals surface area (Å²) in [7, 11) is 0. The first-order valence-corrected chi connectivity index (χ1v) is 5.89. The summed E-state index contributed by atoms with van der Waals surface area (Å²) in [6.45, 7) is 3.80. The predicted molar refractivity (Wildman–Crippen MR) is 64.3 cm³/mol. The van der Waals surface area contributed by atoms with E-state index in [0.717, 1.165) is 15.3 Å². The third-order valence-electron chi connectivity index (χ3n) is 2.41. The minimum Gasteiger partial charge on any atom is -0.383 e. The van der Waals surface area contributed by atoms with Crippen molar-refractivity contribution in [2.75, 3.05) is 0 Å². The molecule has 1 unspecified atom stereocenters. The average molecular weight is 236 g/mol. The molecule has 0 aliphatic carbocycles. The summed E-state index contributed by atoms with van der Waals surface area (Å²) in [4.78, 5) is 1.99. The molecule has 1 aromatic carbocycles. The van der Waals surface area contributed by atoms with Crippen LogP contribution in [0, 0.1) is 19.7 Å². The van der Waals surface area contributed by atoms with Gasteiger partial charge in [0.2, 0.25) is 0 Å². The first-order valence-electron chi connectivity index (χ1n) is 5.08. The highest BCUT2D eigenvalue weighted by Gasteiger charge is 2.13. The number of thiophene rings is 1. The first kappa shape index (κ1) is 11.3. The van der Waals surface area contributed by atoms with E-state index < -0.39 is 6.10 Å². The van der Waals surface area contributed by atoms with Crippen molar-refractivity contribution in [3.05, 3.63) is 57.0 Å². The van der Waals surface area contributed by atoms with Crippen LogP contribution in [0.3, 0.4) is 0 Å². The van der Waals surface area contributed by atoms with E-state index in [1.165, 1.54) is 23.5 Å². The average Bonchev–Trinajstić information content (AvgIpc) is 2.62. The van der Waals surface area contributed by atoms with Crippen LogP contribution in [0.15, 0.2) is 30.3 Å². The first-order chi connectivity index (χ1) is 7.56. The van der Waals surface area contributed by atoms with Crippen molar-refractivity contribution in [2.45, 2.75) is 20.0 Å². The normalized spacial score (nSPS) is 12.8. The molecule has 0 bridgehead atoms. The number of aliphatic hydroxyl groups is 1. The van der Waals surface area contributed by atoms with Gasteiger partial charge in [0.25, 0.3) is 0 Å². The Bertz CT molecular complexity index is 484. The van der Waals surface area contributed by atoms with E-state index in [1.54, 1.807) is 0 Å². The maximum Gasteiger partial charge on any atom is 0.123 e. The van der Waals surface area contributed by atoms with Crippen molar-refractivity contribution < 1.29 is 9.50 Å². The Morgan fingerprint density at radius 1 is 1.19 bits per heavy atom. The van der Waals surface area contributed by atoms with Gasteiger partial charge in [0, 0.05) is 9.75 Å². The lowest BCUT2D eigenvalue weighted by Crippen LogP contribution is -1.98. The number of hydrogen-bond donors (Lipinski definition) is 1. The quantitative estimate of drug-likeness (QED) is 0.845. The summed E-state index contributed by atoms with van der Waals surface area (Å²) in [5.74, 6) is -0.303. The molecule has 0 saturated heterocycles. The third kappa shape index (κ3) is 2.31. The van der Waals surface area contributed by atoms with E-state index in [1.807, 2.05) is 32.0 Å². The van der Waals surface area contributed by atoms with Gasteiger partial charge in [-0.25, -0.2) is 4.39 Å². The zero-order valence-corrected chi connectivity index (χ0v) is 10.0. The van der Waals surface area contributed by atoms with Crippen LogP contribution in [0.25, 0.3) is 0 Å². The Balaban J connectivity index is 2.37. The molecule has 0 aliphatic rings. The van der Waals surface area contributed by atoms with Crippen LogP contribution in [0.1, 0.15) is 27.0 Å². The number of rotatable bonds is 2. The van der Waals surface area contributed by atoms with E-state index in [0.29, 0.717) is 5.56 Å². The lowest BCUT2D eigenvalue weighted by atomic mass is 10.1. The highest BCUT2D eigenvalue weighted by atomic mass is 32.1. The van der Waals surface area contributed by atoms with Gasteiger partial charge in [-0.1, -0.05) is 6.07 Å². The summed E-state index contributed by atoms with van der Waals surface area (Å²) in [5.41, 5.74) is 1.43. The van der Waals surface area contributed by atoms with Crippen molar-refractivity contribution in [1.82, 2.24) is 0 Å². The van der Waals surface area contributed by atoms with Gasteiger partial charge in [0.05, 0.1) is 0 Å². The molecule has 16 heavy (non-hydrogen) atoms. The zero-order valence-electron chi connectivity index (χ0n) is 9.20. The lowest BCUT2D eigenvalue weighted by Gasteiger charge is -2.09. The largest absolute Gasteiger partial charge is 0.383 e. The Labute approximate surface area is 98.2 Å². The summed E-state index contributed by atoms with van der Waals surface area (Å²) < 4.78 is 13.2. The molecule has 84 valence electrons. The minimum absolute atomic E-state index is 0.303. The van der Waals surface area contributed by atoms with E-state index in [9.17, 15) is 9.50 Å². The van der Waals surface area contributed by atoms with E-state index in [4.69, 9.17) is 0 Å². The molecular formula is C13H13FOS. The van der Waals surface area contributed by atoms with Crippen LogP contribution < -0.4 is 0 Å². The zero-order chi connectivity index (χ0) is 11.7. The molecule has 1 N–H and O–H groups in total. The van der Waals surface area contributed by atoms with Crippen LogP contribution in [-0.4, -0.2) is 5.11 Å². The number of aliphatic hydroxyl groups excluding tert-OH is 1. The summed E-state index contributed by atoms with van der Waals surface area (Å²) >= 11 is 1.53. The topological polar surface area (TPSA) is 20.2 Å². The van der Waals surface area contributed by atoms with E-state index in [-0.39, 0.29) is 5.82 Å². The molecule has 0 radical (unpaired) electrons. The highest BCUT2D eigenvalue weighted by molar-refractivity contribution is 7.12. The van der Waals surface area contributed by atoms with Gasteiger partial charge in [0.1, 0.15) is 11.9 Å². The second-order valence-electron chi connectivity index (χ2n) is 3.91. The lowest BCUT2D eigenvalue weighted by molar-refractivity contribution is 0.223. The molecular weight excluding hydrogens is 223 g/mol. The van der Waals surface area contributed by atoms with Gasteiger partial charge in [-0.05, 0) is 49.2 Å². The smallest absolute Gasteiger partial charge is 0.123 e. The van der Waals surface area contributed by atoms with Crippen LogP contribution >= 0.6 is 11.3 Å². The third-order valence-corrected chi connectivity index (χ3v) is 3.46. The number of benzene rings is 1. The van der Waals surface area contributed by atoms with Gasteiger partial charge >= 0.3 is 0 Å². The fourth-order valence-electron chi connectivity index (χ4n) is 1.69. The van der Waals surface area contributed by atoms with Crippen LogP contribution in [0.4, 0.5) is 4.39 Å². The molecule has 1 atom stereocenters. The summed E-state index contributed by atoms with van der Waals surface area (Å²) in [6, 6.07) is 8.48. The standard InChI is InChI=1S/C13H13FOS/c1-8-5-10(7-11(14)6-8)13(15)12-4-3-9(2)16-12/h3-7,13,15H,1-2H3. The fraction of sp³-hybridized carbons (Fsp3) is 0.231. The molecule has 2 aromatic rings. The predicted octanol–water partition coefficient (Wildman–Crippen LogP) is 3.59. The van der Waals surface area contributed by atoms with Crippen molar-refractivity contribution in [3.8, 4) is 0 Å². The van der Waals surface area contributed by atoms with Crippen molar-refractivity contribution in [1.29, 1.82) is 0 Å². The van der Waals surface area contributed by atoms with Crippen molar-refractivity contribution in [3.63, 3.8) is 0 Å². The summed E-state index contributed by atoms with van der Waals surface area (Å²) in [6.07, 6.45) is -0.729. The summed E-state index contributed by atoms with van der Waals surface area (Å²) in [5, 5.41) is 10.1. The maximum absolute atomic E-state index is 13.2. The van der Waals surface area contributed by atoms with Gasteiger partial charge in [-0.3, -0.25) is 0 Å². The number of halogens is 1. The van der Waals surface area contributed by atoms with Gasteiger partial charge < -0.3 is 5.11 Å². The molecule has 2 rings (SSSR count). The Morgan fingerprint density at radius 2 is 1.94 bits per heavy atom. The fourth-order valence-corrected chi connectivity index (χ4v) is 2.58. The molecule has 1 heterocycles. The van der Waals surface area contributed by atoms with Gasteiger partial charge in [-0.2, -0.15) is 0 Å². The number of hydrogen-bond acceptors (Lipinski definition) is 2. The molecule has 1 nitrogen and oxygen atoms in total. The van der Waals surface area contributed by atoms with Crippen LogP contribution in [-0.2, 0) is 0 Å². The molecule has 1 aromatic heterocycles. The Kier molecular flexibility index (Phi) is 3.08. The Morgan fingerprint density at radius 3 is 2.50 bits per heavy atom. The molecule has 0 fully saturated rings. The number of aryl methyl sites for hydroxylation is 2. The van der Waals surface area contributed by atoms with E-state index in [2.05, 4.69) is 0 Å². The van der Waals surface area contributed by atoms with Gasteiger partial charge in [0.15, 0.2) is 0 Å². The molecule has 0 amide bonds.